The van der Waals surface area contributed by atoms with Gasteiger partial charge in [0, 0.05) is 18.5 Å². The Hall–Kier alpha value is -1.31. The molecule has 0 radical (unpaired) electrons. The first-order chi connectivity index (χ1) is 10.7. The Morgan fingerprint density at radius 2 is 2.27 bits per heavy atom. The van der Waals surface area contributed by atoms with Gasteiger partial charge in [0.25, 0.3) is 5.89 Å². The van der Waals surface area contributed by atoms with Crippen LogP contribution in [0.15, 0.2) is 9.90 Å². The largest absolute Gasteiger partial charge is 0.364 e. The molecule has 0 aliphatic carbocycles. The van der Waals surface area contributed by atoms with E-state index in [0.29, 0.717) is 17.6 Å². The number of rotatable bonds is 3. The topological polar surface area (TPSA) is 64.3 Å². The second kappa shape index (κ2) is 5.72. The Balaban J connectivity index is 1.39. The van der Waals surface area contributed by atoms with Crippen LogP contribution in [0, 0.1) is 19.8 Å². The number of nitrogens with zero attached hydrogens (tertiary/aromatic N) is 4. The first-order valence-corrected chi connectivity index (χ1v) is 8.64. The van der Waals surface area contributed by atoms with Crippen LogP contribution in [0.25, 0.3) is 0 Å². The molecule has 6 nitrogen and oxygen atoms in total. The molecule has 2 saturated heterocycles. The monoisotopic (exact) mass is 320 g/mol. The molecule has 0 unspecified atom stereocenters. The van der Waals surface area contributed by atoms with Crippen molar-refractivity contribution in [2.24, 2.45) is 5.92 Å². The van der Waals surface area contributed by atoms with E-state index in [0.717, 1.165) is 37.5 Å². The molecule has 118 valence electrons. The van der Waals surface area contributed by atoms with Crippen molar-refractivity contribution in [3.63, 3.8) is 0 Å². The average Bonchev–Trinajstić information content (AvgIpc) is 3.18. The molecule has 22 heavy (non-hydrogen) atoms. The highest BCUT2D eigenvalue weighted by molar-refractivity contribution is 7.09. The molecular formula is C15H20N4O2S. The first kappa shape index (κ1) is 14.3. The highest BCUT2D eigenvalue weighted by atomic mass is 32.1. The Morgan fingerprint density at radius 1 is 1.36 bits per heavy atom. The molecule has 7 heteroatoms. The summed E-state index contributed by atoms with van der Waals surface area (Å²) in [6.07, 6.45) is 2.40. The summed E-state index contributed by atoms with van der Waals surface area (Å²) in [7, 11) is 0. The molecule has 2 aliphatic heterocycles. The molecule has 4 heterocycles. The quantitative estimate of drug-likeness (QED) is 0.866. The summed E-state index contributed by atoms with van der Waals surface area (Å²) >= 11 is 1.72. The van der Waals surface area contributed by atoms with Crippen molar-refractivity contribution < 1.29 is 9.26 Å². The maximum absolute atomic E-state index is 6.18. The van der Waals surface area contributed by atoms with E-state index in [2.05, 4.69) is 32.3 Å². The van der Waals surface area contributed by atoms with Gasteiger partial charge in [-0.2, -0.15) is 4.98 Å². The molecule has 2 aromatic rings. The van der Waals surface area contributed by atoms with Gasteiger partial charge in [-0.25, -0.2) is 4.98 Å². The Bertz CT molecular complexity index is 656. The van der Waals surface area contributed by atoms with Crippen molar-refractivity contribution in [2.45, 2.75) is 45.4 Å². The predicted molar refractivity (Wildman–Crippen MR) is 81.5 cm³/mol. The average molecular weight is 320 g/mol. The summed E-state index contributed by atoms with van der Waals surface area (Å²) in [6, 6.07) is 0. The molecule has 2 fully saturated rings. The maximum atomic E-state index is 6.18. The third-order valence-corrected chi connectivity index (χ3v) is 5.33. The fourth-order valence-corrected chi connectivity index (χ4v) is 4.05. The van der Waals surface area contributed by atoms with Gasteiger partial charge in [-0.3, -0.25) is 4.90 Å². The molecular weight excluding hydrogens is 300 g/mol. The van der Waals surface area contributed by atoms with Crippen LogP contribution in [-0.4, -0.2) is 39.2 Å². The van der Waals surface area contributed by atoms with Crippen LogP contribution in [0.2, 0.25) is 0 Å². The predicted octanol–water partition coefficient (Wildman–Crippen LogP) is 2.50. The lowest BCUT2D eigenvalue weighted by Crippen LogP contribution is -2.41. The van der Waals surface area contributed by atoms with Crippen LogP contribution in [0.5, 0.6) is 0 Å². The minimum Gasteiger partial charge on any atom is -0.364 e. The van der Waals surface area contributed by atoms with E-state index in [-0.39, 0.29) is 12.2 Å². The van der Waals surface area contributed by atoms with E-state index < -0.39 is 0 Å². The van der Waals surface area contributed by atoms with E-state index in [1.807, 2.05) is 6.92 Å². The number of aromatic nitrogens is 3. The van der Waals surface area contributed by atoms with E-state index in [4.69, 9.17) is 9.26 Å². The summed E-state index contributed by atoms with van der Waals surface area (Å²) in [5, 5.41) is 7.15. The smallest absolute Gasteiger partial charge is 0.255 e. The van der Waals surface area contributed by atoms with Gasteiger partial charge >= 0.3 is 0 Å². The number of ether oxygens (including phenoxy) is 1. The van der Waals surface area contributed by atoms with E-state index in [9.17, 15) is 0 Å². The fraction of sp³-hybridized carbons (Fsp3) is 0.667. The van der Waals surface area contributed by atoms with Crippen LogP contribution in [0.4, 0.5) is 0 Å². The Kier molecular flexibility index (Phi) is 3.71. The number of thiazole rings is 1. The molecule has 0 bridgehead atoms. The van der Waals surface area contributed by atoms with E-state index in [1.165, 1.54) is 5.69 Å². The van der Waals surface area contributed by atoms with Crippen LogP contribution in [-0.2, 0) is 11.3 Å². The zero-order valence-electron chi connectivity index (χ0n) is 12.9. The van der Waals surface area contributed by atoms with Gasteiger partial charge in [-0.15, -0.1) is 11.3 Å². The minimum atomic E-state index is -0.0299. The third kappa shape index (κ3) is 2.80. The highest BCUT2D eigenvalue weighted by Gasteiger charge is 2.41. The van der Waals surface area contributed by atoms with Gasteiger partial charge in [0.05, 0.1) is 16.8 Å². The normalized spacial score (nSPS) is 28.9. The van der Waals surface area contributed by atoms with E-state index in [1.54, 1.807) is 11.3 Å². The number of hydrogen-bond acceptors (Lipinski definition) is 7. The van der Waals surface area contributed by atoms with Crippen LogP contribution in [0.1, 0.15) is 41.4 Å². The van der Waals surface area contributed by atoms with Crippen molar-refractivity contribution in [1.29, 1.82) is 0 Å². The molecule has 4 rings (SSSR count). The van der Waals surface area contributed by atoms with Crippen molar-refractivity contribution in [2.75, 3.05) is 13.1 Å². The molecule has 2 aliphatic rings. The van der Waals surface area contributed by atoms with Gasteiger partial charge in [-0.05, 0) is 39.2 Å². The first-order valence-electron chi connectivity index (χ1n) is 7.76. The number of hydrogen-bond donors (Lipinski definition) is 0. The molecule has 0 aromatic carbocycles. The number of likely N-dealkylation sites (tertiary alicyclic amines) is 1. The van der Waals surface area contributed by atoms with Gasteiger partial charge in [-0.1, -0.05) is 5.16 Å². The van der Waals surface area contributed by atoms with Gasteiger partial charge in [0.15, 0.2) is 5.82 Å². The molecule has 0 N–H and O–H groups in total. The van der Waals surface area contributed by atoms with Gasteiger partial charge < -0.3 is 9.26 Å². The number of fused-ring (bicyclic) bond motifs is 1. The Morgan fingerprint density at radius 3 is 3.00 bits per heavy atom. The second-order valence-electron chi connectivity index (χ2n) is 6.22. The SMILES string of the molecule is Cc1noc([C@H]2C[C@@H]3CCN(Cc4csc(C)n4)C[C@H]3O2)n1. The van der Waals surface area contributed by atoms with Crippen molar-refractivity contribution in [3.8, 4) is 0 Å². The zero-order valence-corrected chi connectivity index (χ0v) is 13.7. The van der Waals surface area contributed by atoms with Crippen LogP contribution >= 0.6 is 11.3 Å². The van der Waals surface area contributed by atoms with Crippen molar-refractivity contribution in [3.05, 3.63) is 27.8 Å². The Labute approximate surface area is 133 Å². The lowest BCUT2D eigenvalue weighted by Gasteiger charge is -2.33. The lowest BCUT2D eigenvalue weighted by atomic mass is 9.91. The number of aryl methyl sites for hydroxylation is 2. The zero-order chi connectivity index (χ0) is 15.1. The summed E-state index contributed by atoms with van der Waals surface area (Å²) < 4.78 is 11.5. The molecule has 0 spiro atoms. The summed E-state index contributed by atoms with van der Waals surface area (Å²) in [5.41, 5.74) is 1.17. The maximum Gasteiger partial charge on any atom is 0.255 e. The van der Waals surface area contributed by atoms with Crippen molar-refractivity contribution in [1.82, 2.24) is 20.0 Å². The summed E-state index contributed by atoms with van der Waals surface area (Å²) in [5.74, 6) is 1.91. The highest BCUT2D eigenvalue weighted by Crippen LogP contribution is 2.40. The number of piperidine rings is 1. The lowest BCUT2D eigenvalue weighted by molar-refractivity contribution is -0.0191. The summed E-state index contributed by atoms with van der Waals surface area (Å²) in [6.45, 7) is 6.88. The minimum absolute atomic E-state index is 0.0299. The van der Waals surface area contributed by atoms with Crippen LogP contribution in [0.3, 0.4) is 0 Å². The fourth-order valence-electron chi connectivity index (χ4n) is 3.45. The third-order valence-electron chi connectivity index (χ3n) is 4.51. The standard InChI is InChI=1S/C15H20N4O2S/c1-9-16-15(21-18-9)13-5-11-3-4-19(7-14(11)20-13)6-12-8-22-10(2)17-12/h8,11,13-14H,3-7H2,1-2H3/t11-,13+,14+/m0/s1. The molecule has 3 atom stereocenters. The molecule has 2 aromatic heterocycles. The van der Waals surface area contributed by atoms with Crippen LogP contribution < -0.4 is 0 Å². The van der Waals surface area contributed by atoms with Gasteiger partial charge in [0.1, 0.15) is 6.10 Å². The summed E-state index contributed by atoms with van der Waals surface area (Å²) in [4.78, 5) is 11.3. The van der Waals surface area contributed by atoms with Gasteiger partial charge in [0.2, 0.25) is 0 Å². The molecule has 0 saturated carbocycles. The molecule has 0 amide bonds. The van der Waals surface area contributed by atoms with Crippen molar-refractivity contribution >= 4 is 11.3 Å². The second-order valence-corrected chi connectivity index (χ2v) is 7.28. The van der Waals surface area contributed by atoms with E-state index >= 15 is 0 Å².